The minimum atomic E-state index is -1.38. The van der Waals surface area contributed by atoms with Crippen molar-refractivity contribution >= 4 is 63.0 Å². The molecule has 1 saturated carbocycles. The molecule has 0 unspecified atom stereocenters. The second-order valence-electron chi connectivity index (χ2n) is 23.0. The van der Waals surface area contributed by atoms with Gasteiger partial charge in [0.25, 0.3) is 0 Å². The van der Waals surface area contributed by atoms with Crippen LogP contribution in [0.3, 0.4) is 0 Å². The van der Waals surface area contributed by atoms with E-state index in [1.165, 1.54) is 54.2 Å². The maximum atomic E-state index is 15.6. The van der Waals surface area contributed by atoms with Crippen LogP contribution in [0, 0.1) is 23.6 Å². The molecule has 0 radical (unpaired) electrons. The number of carbonyl (C=O) groups is 7. The summed E-state index contributed by atoms with van der Waals surface area (Å²) in [6.07, 6.45) is 12.8. The van der Waals surface area contributed by atoms with Crippen LogP contribution in [0.5, 0.6) is 0 Å². The van der Waals surface area contributed by atoms with E-state index in [1.807, 2.05) is 78.1 Å². The highest BCUT2D eigenvalue weighted by Gasteiger charge is 2.43. The van der Waals surface area contributed by atoms with Gasteiger partial charge >= 0.3 is 0 Å². The number of piperidine rings is 1. The normalized spacial score (nSPS) is 24.7. The molecule has 410 valence electrons. The average Bonchev–Trinajstić information content (AvgIpc) is 3.78. The first-order valence-corrected chi connectivity index (χ1v) is 27.4. The molecule has 76 heavy (non-hydrogen) atoms. The number of halogens is 1. The summed E-state index contributed by atoms with van der Waals surface area (Å²) in [6.45, 7) is 17.6. The molecule has 4 N–H and O–H groups in total. The van der Waals surface area contributed by atoms with Gasteiger partial charge in [0.15, 0.2) is 0 Å². The molecular weight excluding hydrogens is 966 g/mol. The molecular formula is C59H80FN9O7. The monoisotopic (exact) mass is 1050 g/mol. The molecule has 17 heteroatoms. The van der Waals surface area contributed by atoms with E-state index in [-0.39, 0.29) is 55.4 Å². The number of carbonyl (C=O) groups excluding carboxylic acids is 7. The predicted molar refractivity (Wildman–Crippen MR) is 292 cm³/mol. The van der Waals surface area contributed by atoms with Gasteiger partial charge in [0, 0.05) is 68.4 Å². The maximum absolute atomic E-state index is 15.6. The summed E-state index contributed by atoms with van der Waals surface area (Å²) in [5, 5.41) is 13.5. The number of rotatable bonds is 12. The largest absolute Gasteiger partial charge is 0.343 e. The second kappa shape index (κ2) is 24.6. The smallest absolute Gasteiger partial charge is 0.246 e. The summed E-state index contributed by atoms with van der Waals surface area (Å²) >= 11 is 0. The summed E-state index contributed by atoms with van der Waals surface area (Å²) < 4.78 is 17.7. The van der Waals surface area contributed by atoms with Crippen LogP contribution in [0.15, 0.2) is 73.7 Å². The third-order valence-corrected chi connectivity index (χ3v) is 15.9. The zero-order chi connectivity index (χ0) is 55.2. The highest BCUT2D eigenvalue weighted by Crippen LogP contribution is 2.32. The van der Waals surface area contributed by atoms with Gasteiger partial charge in [0.1, 0.15) is 48.1 Å². The molecule has 3 fully saturated rings. The van der Waals surface area contributed by atoms with Crippen LogP contribution in [-0.2, 0) is 51.9 Å². The van der Waals surface area contributed by atoms with Crippen molar-refractivity contribution in [2.24, 2.45) is 17.8 Å². The van der Waals surface area contributed by atoms with Gasteiger partial charge in [-0.05, 0) is 105 Å². The first kappa shape index (κ1) is 57.1. The van der Waals surface area contributed by atoms with E-state index < -0.39 is 95.0 Å². The molecule has 4 aromatic rings. The summed E-state index contributed by atoms with van der Waals surface area (Å²) in [6, 6.07) is 4.34. The fourth-order valence-corrected chi connectivity index (χ4v) is 11.5. The van der Waals surface area contributed by atoms with Crippen LogP contribution in [0.2, 0.25) is 0 Å². The van der Waals surface area contributed by atoms with E-state index in [4.69, 9.17) is 0 Å². The van der Waals surface area contributed by atoms with E-state index in [0.29, 0.717) is 30.2 Å². The number of benzene rings is 2. The number of para-hydroxylation sites is 1. The van der Waals surface area contributed by atoms with Gasteiger partial charge in [-0.25, -0.2) is 4.39 Å². The fourth-order valence-electron chi connectivity index (χ4n) is 11.5. The number of hydrogen-bond donors (Lipinski definition) is 4. The predicted octanol–water partition coefficient (Wildman–Crippen LogP) is 6.72. The Bertz CT molecular complexity index is 2800. The van der Waals surface area contributed by atoms with Crippen molar-refractivity contribution in [3.05, 3.63) is 90.7 Å². The quantitative estimate of drug-likeness (QED) is 0.112. The van der Waals surface area contributed by atoms with Crippen LogP contribution in [-0.4, -0.2) is 129 Å². The first-order chi connectivity index (χ1) is 36.1. The maximum Gasteiger partial charge on any atom is 0.246 e. The van der Waals surface area contributed by atoms with Crippen LogP contribution < -0.4 is 21.3 Å². The SMILES string of the molecule is C=CC(C)(C)n1cc(C[C@@H]2NC(=O)[C@H](CC3CCCCC3)NC(=O)[C@H](CC(C)C)N3CCC[C@@H](C3=O)N(C)C(=O)[C@H](C)NC(=O)[C@H](Cc3cc(F)c4cnccc4c3)NC(=O)[C@H](CC(C)C)N(C)C2=O)c2ccccc21. The summed E-state index contributed by atoms with van der Waals surface area (Å²) in [4.78, 5) is 113. The Morgan fingerprint density at radius 2 is 1.37 bits per heavy atom. The highest BCUT2D eigenvalue weighted by atomic mass is 19.1. The summed E-state index contributed by atoms with van der Waals surface area (Å²) in [5.74, 6) is -4.76. The topological polar surface area (TPSA) is 195 Å². The number of amides is 7. The lowest BCUT2D eigenvalue weighted by Crippen LogP contribution is -2.62. The lowest BCUT2D eigenvalue weighted by atomic mass is 9.84. The van der Waals surface area contributed by atoms with Crippen LogP contribution >= 0.6 is 0 Å². The number of hydrogen-bond acceptors (Lipinski definition) is 8. The molecule has 0 spiro atoms. The van der Waals surface area contributed by atoms with Crippen molar-refractivity contribution in [2.75, 3.05) is 20.6 Å². The number of nitrogens with one attached hydrogen (secondary N) is 4. The Morgan fingerprint density at radius 1 is 0.724 bits per heavy atom. The van der Waals surface area contributed by atoms with E-state index in [2.05, 4.69) is 37.4 Å². The Labute approximate surface area is 447 Å². The molecule has 2 aromatic heterocycles. The summed E-state index contributed by atoms with van der Waals surface area (Å²) in [5.41, 5.74) is 1.46. The van der Waals surface area contributed by atoms with Crippen LogP contribution in [0.4, 0.5) is 4.39 Å². The zero-order valence-electron chi connectivity index (χ0n) is 46.0. The standard InChI is InChI=1S/C59H80FN9O7/c1-11-59(7,8)69-34-41(42-20-15-16-21-48(42)69)32-47-57(75)67(10)50(26-35(2)3)54(72)63-46(31-39-28-40-23-24-61-33-43(40)44(60)29-39)52(70)62-37(6)56(74)66(9)49-22-17-25-68(58(49)76)51(27-36(4)5)55(73)64-45(53(71)65-47)30-38-18-13-12-14-19-38/h11,15-16,20-21,23-24,28-29,33-38,45-47,49-51H,1,12-14,17-19,22,25-27,30-32H2,2-10H3,(H,62,70)(H,63,72)(H,64,73)(H,65,71)/t37-,45-,46-,47-,49-,50-,51-/m0/s1. The highest BCUT2D eigenvalue weighted by molar-refractivity contribution is 5.99. The summed E-state index contributed by atoms with van der Waals surface area (Å²) in [7, 11) is 3.01. The minimum Gasteiger partial charge on any atom is -0.343 e. The van der Waals surface area contributed by atoms with E-state index >= 15 is 18.8 Å². The number of aromatic nitrogens is 2. The molecule has 7 rings (SSSR count). The van der Waals surface area contributed by atoms with Gasteiger partial charge in [-0.3, -0.25) is 38.5 Å². The van der Waals surface area contributed by atoms with Gasteiger partial charge in [-0.2, -0.15) is 0 Å². The van der Waals surface area contributed by atoms with Crippen molar-refractivity contribution in [1.29, 1.82) is 0 Å². The Kier molecular flexibility index (Phi) is 18.4. The molecule has 1 aliphatic carbocycles. The first-order valence-electron chi connectivity index (χ1n) is 27.4. The van der Waals surface area contributed by atoms with Crippen molar-refractivity contribution in [1.82, 2.24) is 45.5 Å². The van der Waals surface area contributed by atoms with Crippen molar-refractivity contribution < 1.29 is 38.0 Å². The van der Waals surface area contributed by atoms with Crippen molar-refractivity contribution in [3.63, 3.8) is 0 Å². The number of likely N-dealkylation sites (N-methyl/N-ethyl adjacent to an activating group) is 2. The third-order valence-electron chi connectivity index (χ3n) is 15.9. The molecule has 2 bridgehead atoms. The van der Waals surface area contributed by atoms with E-state index in [0.717, 1.165) is 48.6 Å². The third kappa shape index (κ3) is 13.1. The fraction of sp³-hybridized carbons (Fsp3) is 0.559. The second-order valence-corrected chi connectivity index (χ2v) is 23.0. The zero-order valence-corrected chi connectivity index (χ0v) is 46.0. The molecule has 4 heterocycles. The minimum absolute atomic E-state index is 0.00289. The van der Waals surface area contributed by atoms with Crippen LogP contribution in [0.25, 0.3) is 21.7 Å². The Hall–Kier alpha value is -6.65. The molecule has 7 atom stereocenters. The molecule has 3 aliphatic rings. The van der Waals surface area contributed by atoms with Gasteiger partial charge in [0.2, 0.25) is 41.4 Å². The number of fused-ring (bicyclic) bond motifs is 4. The molecule has 2 aromatic carbocycles. The lowest BCUT2D eigenvalue weighted by Gasteiger charge is -2.41. The van der Waals surface area contributed by atoms with E-state index in [9.17, 15) is 19.2 Å². The molecule has 2 aliphatic heterocycles. The number of pyridine rings is 1. The van der Waals surface area contributed by atoms with Crippen molar-refractivity contribution in [2.45, 2.75) is 173 Å². The number of nitrogens with zero attached hydrogens (tertiary/aromatic N) is 5. The van der Waals surface area contributed by atoms with Gasteiger partial charge in [0.05, 0.1) is 5.54 Å². The lowest BCUT2D eigenvalue weighted by molar-refractivity contribution is -0.153. The van der Waals surface area contributed by atoms with Gasteiger partial charge in [-0.15, -0.1) is 6.58 Å². The van der Waals surface area contributed by atoms with Gasteiger partial charge < -0.3 is 40.5 Å². The Balaban J connectivity index is 1.35. The number of allylic oxidation sites excluding steroid dienone is 1. The van der Waals surface area contributed by atoms with E-state index in [1.54, 1.807) is 12.1 Å². The van der Waals surface area contributed by atoms with Crippen molar-refractivity contribution in [3.8, 4) is 0 Å². The Morgan fingerprint density at radius 3 is 2.07 bits per heavy atom. The van der Waals surface area contributed by atoms with Gasteiger partial charge in [-0.1, -0.05) is 90.1 Å². The molecule has 2 saturated heterocycles. The molecule has 7 amide bonds. The average molecular weight is 1050 g/mol. The van der Waals surface area contributed by atoms with Crippen LogP contribution in [0.1, 0.15) is 124 Å². The molecule has 16 nitrogen and oxygen atoms in total.